The van der Waals surface area contributed by atoms with Crippen LogP contribution in [0.25, 0.3) is 22.1 Å². The summed E-state index contributed by atoms with van der Waals surface area (Å²) in [5, 5.41) is 14.7. The third-order valence-corrected chi connectivity index (χ3v) is 12.7. The van der Waals surface area contributed by atoms with Gasteiger partial charge in [0.25, 0.3) is 11.8 Å². The number of aryl methyl sites for hydroxylation is 4. The number of primary amides is 2. The van der Waals surface area contributed by atoms with Gasteiger partial charge >= 0.3 is 0 Å². The number of ether oxygens (including phenoxy) is 2. The zero-order chi connectivity index (χ0) is 50.7. The molecular weight excluding hydrogens is 911 g/mol. The molecule has 4 aromatic heterocycles. The van der Waals surface area contributed by atoms with Crippen molar-refractivity contribution in [2.75, 3.05) is 56.6 Å². The first-order valence-corrected chi connectivity index (χ1v) is 24.0. The van der Waals surface area contributed by atoms with Crippen molar-refractivity contribution in [3.63, 3.8) is 0 Å². The summed E-state index contributed by atoms with van der Waals surface area (Å²) in [5.74, 6) is -1.11. The van der Waals surface area contributed by atoms with E-state index >= 15 is 0 Å². The van der Waals surface area contributed by atoms with E-state index in [1.165, 1.54) is 0 Å². The number of benzene rings is 2. The molecule has 2 fully saturated rings. The minimum absolute atomic E-state index is 0.0341. The van der Waals surface area contributed by atoms with Gasteiger partial charge in [-0.1, -0.05) is 26.0 Å². The van der Waals surface area contributed by atoms with Gasteiger partial charge in [-0.15, -0.1) is 0 Å². The normalized spacial score (nSPS) is 15.2. The summed E-state index contributed by atoms with van der Waals surface area (Å²) in [6.45, 7) is 16.6. The Balaban J connectivity index is 1.04. The van der Waals surface area contributed by atoms with E-state index < -0.39 is 35.3 Å². The monoisotopic (exact) mass is 974 g/mol. The van der Waals surface area contributed by atoms with Crippen molar-refractivity contribution in [3.05, 3.63) is 88.5 Å². The zero-order valence-electron chi connectivity index (χ0n) is 41.1. The van der Waals surface area contributed by atoms with Crippen LogP contribution in [0.15, 0.2) is 54.6 Å². The molecule has 0 unspecified atom stereocenters. The molecule has 22 heteroatoms. The number of hydrogen-bond donors (Lipinski definition) is 5. The number of nitrogens with two attached hydrogens (primary N) is 3. The van der Waals surface area contributed by atoms with Crippen LogP contribution in [0, 0.1) is 19.8 Å². The molecule has 8 rings (SSSR count). The molecule has 0 aliphatic carbocycles. The SMILES string of the molecule is CCn1nc(C)cc1C(=O)Nc1nc2cc(C(N)=O)ccc2n1C/C=C/Cn1c(NC(=O)c2cc(C)nn2CC)nc2cc(C(N)=O)cc(OCCCN3CC4(C3)CN(C(=O)[C@@H](N)CC(C)C)CCO4)c21. The lowest BCUT2D eigenvalue weighted by Gasteiger charge is -2.54. The van der Waals surface area contributed by atoms with Crippen molar-refractivity contribution in [1.82, 2.24) is 48.5 Å². The van der Waals surface area contributed by atoms with Crippen LogP contribution in [-0.2, 0) is 35.7 Å². The zero-order valence-corrected chi connectivity index (χ0v) is 41.1. The fraction of sp³-hybridized carbons (Fsp3) is 0.449. The predicted molar refractivity (Wildman–Crippen MR) is 266 cm³/mol. The van der Waals surface area contributed by atoms with Gasteiger partial charge in [0.05, 0.1) is 53.7 Å². The maximum absolute atomic E-state index is 13.9. The summed E-state index contributed by atoms with van der Waals surface area (Å²) in [7, 11) is 0. The smallest absolute Gasteiger partial charge is 0.276 e. The summed E-state index contributed by atoms with van der Waals surface area (Å²) in [6.07, 6.45) is 4.99. The molecule has 0 bridgehead atoms. The van der Waals surface area contributed by atoms with Crippen molar-refractivity contribution in [3.8, 4) is 5.75 Å². The van der Waals surface area contributed by atoms with Gasteiger partial charge in [-0.3, -0.25) is 48.9 Å². The molecule has 71 heavy (non-hydrogen) atoms. The largest absolute Gasteiger partial charge is 0.491 e. The number of morpholine rings is 1. The molecule has 2 saturated heterocycles. The van der Waals surface area contributed by atoms with Crippen LogP contribution in [0.2, 0.25) is 0 Å². The van der Waals surface area contributed by atoms with E-state index in [0.29, 0.717) is 122 Å². The van der Waals surface area contributed by atoms with Crippen LogP contribution >= 0.6 is 0 Å². The minimum atomic E-state index is -0.678. The number of imidazole rings is 2. The highest BCUT2D eigenvalue weighted by atomic mass is 16.5. The van der Waals surface area contributed by atoms with Crippen molar-refractivity contribution < 1.29 is 33.4 Å². The molecule has 1 spiro atoms. The summed E-state index contributed by atoms with van der Waals surface area (Å²) < 4.78 is 19.5. The Bertz CT molecular complexity index is 3030. The van der Waals surface area contributed by atoms with Gasteiger partial charge in [-0.25, -0.2) is 9.97 Å². The van der Waals surface area contributed by atoms with Gasteiger partial charge in [-0.2, -0.15) is 10.2 Å². The van der Waals surface area contributed by atoms with Crippen LogP contribution in [-0.4, -0.2) is 136 Å². The van der Waals surface area contributed by atoms with Crippen molar-refractivity contribution in [2.24, 2.45) is 23.1 Å². The molecular formula is C49H63N15O7. The molecule has 6 heterocycles. The number of allylic oxidation sites excluding steroid dienone is 2. The van der Waals surface area contributed by atoms with Crippen molar-refractivity contribution in [2.45, 2.75) is 92.2 Å². The standard InChI is InChI=1S/C49H63N15O7/c1-7-63-38(21-30(5)57-63)44(67)55-47-53-35-23-32(42(51)65)12-13-37(35)61(47)15-9-10-16-62-41-36(54-48(62)56-45(68)39-22-31(6)58-64(39)8-2)24-33(43(52)66)25-40(41)70-18-11-14-59-26-49(27-59)28-60(17-19-71-49)46(69)34(50)20-29(3)4/h9-10,12-13,21-25,29,34H,7-8,11,14-20,26-28,50H2,1-6H3,(H2,51,65)(H2,52,66)(H,53,55,67)(H,54,56,68)/b10-9+/t34-/m0/s1. The lowest BCUT2D eigenvalue weighted by Crippen LogP contribution is -2.71. The Morgan fingerprint density at radius 3 is 2.00 bits per heavy atom. The number of carbonyl (C=O) groups excluding carboxylic acids is 5. The Hall–Kier alpha value is -7.43. The van der Waals surface area contributed by atoms with Crippen LogP contribution in [0.4, 0.5) is 11.9 Å². The third kappa shape index (κ3) is 10.8. The maximum atomic E-state index is 13.9. The van der Waals surface area contributed by atoms with E-state index in [2.05, 4.69) is 44.6 Å². The fourth-order valence-corrected chi connectivity index (χ4v) is 9.41. The first-order valence-electron chi connectivity index (χ1n) is 24.0. The molecule has 376 valence electrons. The number of rotatable bonds is 20. The molecule has 5 amide bonds. The molecule has 22 nitrogen and oxygen atoms in total. The van der Waals surface area contributed by atoms with Gasteiger partial charge in [0, 0.05) is 63.5 Å². The second-order valence-corrected chi connectivity index (χ2v) is 18.7. The van der Waals surface area contributed by atoms with Crippen LogP contribution < -0.4 is 32.6 Å². The summed E-state index contributed by atoms with van der Waals surface area (Å²) in [5.41, 5.74) is 21.7. The average molecular weight is 974 g/mol. The number of aromatic nitrogens is 8. The molecule has 2 aromatic carbocycles. The number of fused-ring (bicyclic) bond motifs is 2. The summed E-state index contributed by atoms with van der Waals surface area (Å²) in [6, 6.07) is 10.9. The molecule has 2 aliphatic heterocycles. The van der Waals surface area contributed by atoms with Gasteiger partial charge in [-0.05, 0) is 88.9 Å². The lowest BCUT2D eigenvalue weighted by molar-refractivity contribution is -0.189. The van der Waals surface area contributed by atoms with Gasteiger partial charge < -0.3 is 40.7 Å². The van der Waals surface area contributed by atoms with Crippen LogP contribution in [0.3, 0.4) is 0 Å². The predicted octanol–water partition coefficient (Wildman–Crippen LogP) is 3.45. The van der Waals surface area contributed by atoms with Crippen LogP contribution in [0.1, 0.15) is 93.6 Å². The van der Waals surface area contributed by atoms with E-state index in [9.17, 15) is 24.0 Å². The van der Waals surface area contributed by atoms with E-state index in [-0.39, 0.29) is 48.6 Å². The van der Waals surface area contributed by atoms with Crippen molar-refractivity contribution in [1.29, 1.82) is 0 Å². The van der Waals surface area contributed by atoms with E-state index in [1.807, 2.05) is 44.7 Å². The molecule has 6 aromatic rings. The van der Waals surface area contributed by atoms with Crippen molar-refractivity contribution >= 4 is 63.5 Å². The highest BCUT2D eigenvalue weighted by Crippen LogP contribution is 2.33. The molecule has 2 aliphatic rings. The quantitative estimate of drug-likeness (QED) is 0.0542. The molecule has 8 N–H and O–H groups in total. The molecule has 0 saturated carbocycles. The number of nitrogens with zero attached hydrogens (tertiary/aromatic N) is 10. The number of hydrogen-bond acceptors (Lipinski definition) is 13. The van der Waals surface area contributed by atoms with Crippen LogP contribution in [0.5, 0.6) is 5.75 Å². The lowest BCUT2D eigenvalue weighted by atomic mass is 9.91. The first-order chi connectivity index (χ1) is 34.0. The Morgan fingerprint density at radius 1 is 0.803 bits per heavy atom. The molecule has 1 atom stereocenters. The second kappa shape index (κ2) is 20.9. The van der Waals surface area contributed by atoms with Gasteiger partial charge in [0.2, 0.25) is 29.6 Å². The first kappa shape index (κ1) is 50.0. The van der Waals surface area contributed by atoms with E-state index in [1.54, 1.807) is 61.0 Å². The van der Waals surface area contributed by atoms with E-state index in [0.717, 1.165) is 0 Å². The minimum Gasteiger partial charge on any atom is -0.491 e. The number of anilines is 2. The highest BCUT2D eigenvalue weighted by Gasteiger charge is 2.48. The maximum Gasteiger partial charge on any atom is 0.276 e. The number of nitrogens with one attached hydrogen (secondary N) is 2. The molecule has 0 radical (unpaired) electrons. The Labute approximate surface area is 410 Å². The third-order valence-electron chi connectivity index (χ3n) is 12.7. The number of likely N-dealkylation sites (tertiary alicyclic amines) is 1. The Morgan fingerprint density at radius 2 is 1.39 bits per heavy atom. The van der Waals surface area contributed by atoms with Gasteiger partial charge in [0.15, 0.2) is 0 Å². The number of carbonyl (C=O) groups is 5. The average Bonchev–Trinajstić information content (AvgIpc) is 4.09. The highest BCUT2D eigenvalue weighted by molar-refractivity contribution is 6.05. The topological polar surface area (TPSA) is 284 Å². The summed E-state index contributed by atoms with van der Waals surface area (Å²) in [4.78, 5) is 79.1. The summed E-state index contributed by atoms with van der Waals surface area (Å²) >= 11 is 0. The fourth-order valence-electron chi connectivity index (χ4n) is 9.41. The van der Waals surface area contributed by atoms with Gasteiger partial charge in [0.1, 0.15) is 28.3 Å². The Kier molecular flexibility index (Phi) is 14.7. The van der Waals surface area contributed by atoms with E-state index in [4.69, 9.17) is 31.7 Å². The second-order valence-electron chi connectivity index (χ2n) is 18.7. The number of amides is 5.